The SMILES string of the molecule is Cc1cc(C)c(C2CO2)c(C)c1. The molecule has 64 valence electrons. The Kier molecular flexibility index (Phi) is 1.69. The minimum Gasteiger partial charge on any atom is -0.368 e. The van der Waals surface area contributed by atoms with Crippen molar-refractivity contribution in [2.45, 2.75) is 26.9 Å². The lowest BCUT2D eigenvalue weighted by Crippen LogP contribution is -1.92. The van der Waals surface area contributed by atoms with Gasteiger partial charge in [-0.25, -0.2) is 0 Å². The number of rotatable bonds is 1. The van der Waals surface area contributed by atoms with Crippen molar-refractivity contribution in [3.05, 3.63) is 34.4 Å². The first-order valence-corrected chi connectivity index (χ1v) is 4.38. The van der Waals surface area contributed by atoms with Gasteiger partial charge in [-0.05, 0) is 37.5 Å². The number of aryl methyl sites for hydroxylation is 3. The number of hydrogen-bond donors (Lipinski definition) is 0. The largest absolute Gasteiger partial charge is 0.368 e. The van der Waals surface area contributed by atoms with E-state index in [2.05, 4.69) is 32.9 Å². The first-order valence-electron chi connectivity index (χ1n) is 4.38. The summed E-state index contributed by atoms with van der Waals surface area (Å²) in [4.78, 5) is 0. The fraction of sp³-hybridized carbons (Fsp3) is 0.455. The van der Waals surface area contributed by atoms with E-state index in [1.807, 2.05) is 0 Å². The summed E-state index contributed by atoms with van der Waals surface area (Å²) in [6, 6.07) is 4.45. The minimum absolute atomic E-state index is 0.394. The summed E-state index contributed by atoms with van der Waals surface area (Å²) >= 11 is 0. The van der Waals surface area contributed by atoms with E-state index in [0.29, 0.717) is 6.10 Å². The molecular weight excluding hydrogens is 148 g/mol. The van der Waals surface area contributed by atoms with Crippen molar-refractivity contribution in [1.29, 1.82) is 0 Å². The van der Waals surface area contributed by atoms with Crippen LogP contribution in [0, 0.1) is 20.8 Å². The van der Waals surface area contributed by atoms with Crippen molar-refractivity contribution in [3.8, 4) is 0 Å². The van der Waals surface area contributed by atoms with Crippen LogP contribution in [0.25, 0.3) is 0 Å². The zero-order valence-corrected chi connectivity index (χ0v) is 7.85. The average Bonchev–Trinajstić information content (AvgIpc) is 2.68. The smallest absolute Gasteiger partial charge is 0.106 e. The summed E-state index contributed by atoms with van der Waals surface area (Å²) in [6.07, 6.45) is 0.394. The van der Waals surface area contributed by atoms with Gasteiger partial charge in [0.25, 0.3) is 0 Å². The van der Waals surface area contributed by atoms with Crippen LogP contribution in [-0.2, 0) is 4.74 Å². The molecule has 1 fully saturated rings. The van der Waals surface area contributed by atoms with E-state index in [4.69, 9.17) is 4.74 Å². The Hall–Kier alpha value is -0.820. The zero-order valence-electron chi connectivity index (χ0n) is 7.85. The minimum atomic E-state index is 0.394. The van der Waals surface area contributed by atoms with Crippen LogP contribution < -0.4 is 0 Å². The van der Waals surface area contributed by atoms with E-state index < -0.39 is 0 Å². The maximum Gasteiger partial charge on any atom is 0.106 e. The molecule has 1 heterocycles. The number of hydrogen-bond acceptors (Lipinski definition) is 1. The summed E-state index contributed by atoms with van der Waals surface area (Å²) in [7, 11) is 0. The molecule has 0 radical (unpaired) electrons. The number of benzene rings is 1. The van der Waals surface area contributed by atoms with Crippen LogP contribution in [0.15, 0.2) is 12.1 Å². The molecule has 1 heteroatoms. The lowest BCUT2D eigenvalue weighted by molar-refractivity contribution is 0.414. The first kappa shape index (κ1) is 7.81. The molecule has 1 aliphatic rings. The van der Waals surface area contributed by atoms with Crippen molar-refractivity contribution in [2.24, 2.45) is 0 Å². The van der Waals surface area contributed by atoms with Gasteiger partial charge in [0, 0.05) is 0 Å². The van der Waals surface area contributed by atoms with E-state index >= 15 is 0 Å². The van der Waals surface area contributed by atoms with Crippen LogP contribution >= 0.6 is 0 Å². The van der Waals surface area contributed by atoms with Crippen LogP contribution in [0.1, 0.15) is 28.4 Å². The molecule has 0 amide bonds. The second-order valence-electron chi connectivity index (χ2n) is 3.63. The molecule has 1 aliphatic heterocycles. The predicted molar refractivity (Wildman–Crippen MR) is 49.3 cm³/mol. The molecule has 0 aromatic heterocycles. The molecule has 1 aromatic carbocycles. The van der Waals surface area contributed by atoms with Gasteiger partial charge in [0.05, 0.1) is 6.61 Å². The van der Waals surface area contributed by atoms with Crippen molar-refractivity contribution < 1.29 is 4.74 Å². The van der Waals surface area contributed by atoms with Crippen LogP contribution in [0.3, 0.4) is 0 Å². The van der Waals surface area contributed by atoms with E-state index in [1.165, 1.54) is 22.3 Å². The van der Waals surface area contributed by atoms with Gasteiger partial charge >= 0.3 is 0 Å². The van der Waals surface area contributed by atoms with Gasteiger partial charge < -0.3 is 4.74 Å². The number of ether oxygens (including phenoxy) is 1. The molecule has 1 atom stereocenters. The van der Waals surface area contributed by atoms with Gasteiger partial charge in [0.1, 0.15) is 6.10 Å². The van der Waals surface area contributed by atoms with Gasteiger partial charge in [-0.15, -0.1) is 0 Å². The third-order valence-electron chi connectivity index (χ3n) is 2.39. The van der Waals surface area contributed by atoms with Gasteiger partial charge in [0.2, 0.25) is 0 Å². The van der Waals surface area contributed by atoms with Gasteiger partial charge in [-0.2, -0.15) is 0 Å². The summed E-state index contributed by atoms with van der Waals surface area (Å²) in [6.45, 7) is 7.37. The maximum atomic E-state index is 5.30. The van der Waals surface area contributed by atoms with Gasteiger partial charge in [-0.1, -0.05) is 17.7 Å². The van der Waals surface area contributed by atoms with Gasteiger partial charge in [-0.3, -0.25) is 0 Å². The molecule has 0 saturated carbocycles. The Morgan fingerprint density at radius 2 is 1.67 bits per heavy atom. The highest BCUT2D eigenvalue weighted by Crippen LogP contribution is 2.34. The van der Waals surface area contributed by atoms with Crippen LogP contribution in [0.4, 0.5) is 0 Å². The first-order chi connectivity index (χ1) is 5.68. The molecule has 0 N–H and O–H groups in total. The highest BCUT2D eigenvalue weighted by molar-refractivity contribution is 5.40. The van der Waals surface area contributed by atoms with E-state index in [-0.39, 0.29) is 0 Å². The predicted octanol–water partition coefficient (Wildman–Crippen LogP) is 2.68. The second kappa shape index (κ2) is 2.60. The fourth-order valence-electron chi connectivity index (χ4n) is 1.91. The summed E-state index contributed by atoms with van der Waals surface area (Å²) in [5, 5.41) is 0. The molecular formula is C11H14O. The highest BCUT2D eigenvalue weighted by atomic mass is 16.6. The third kappa shape index (κ3) is 1.25. The zero-order chi connectivity index (χ0) is 8.72. The maximum absolute atomic E-state index is 5.30. The molecule has 0 bridgehead atoms. The molecule has 1 unspecified atom stereocenters. The van der Waals surface area contributed by atoms with Crippen LogP contribution in [0.2, 0.25) is 0 Å². The Morgan fingerprint density at radius 1 is 1.17 bits per heavy atom. The molecule has 12 heavy (non-hydrogen) atoms. The van der Waals surface area contributed by atoms with Gasteiger partial charge in [0.15, 0.2) is 0 Å². The van der Waals surface area contributed by atoms with Crippen molar-refractivity contribution >= 4 is 0 Å². The normalized spacial score (nSPS) is 21.1. The molecule has 0 aliphatic carbocycles. The van der Waals surface area contributed by atoms with E-state index in [1.54, 1.807) is 0 Å². The van der Waals surface area contributed by atoms with Crippen molar-refractivity contribution in [3.63, 3.8) is 0 Å². The highest BCUT2D eigenvalue weighted by Gasteiger charge is 2.27. The Morgan fingerprint density at radius 3 is 2.08 bits per heavy atom. The quantitative estimate of drug-likeness (QED) is 0.578. The fourth-order valence-corrected chi connectivity index (χ4v) is 1.91. The van der Waals surface area contributed by atoms with Crippen molar-refractivity contribution in [2.75, 3.05) is 6.61 Å². The average molecular weight is 162 g/mol. The van der Waals surface area contributed by atoms with Crippen LogP contribution in [-0.4, -0.2) is 6.61 Å². The van der Waals surface area contributed by atoms with E-state index in [9.17, 15) is 0 Å². The topological polar surface area (TPSA) is 12.5 Å². The molecule has 1 saturated heterocycles. The standard InChI is InChI=1S/C11H14O/c1-7-4-8(2)11(9(3)5-7)10-6-12-10/h4-5,10H,6H2,1-3H3. The second-order valence-corrected chi connectivity index (χ2v) is 3.63. The van der Waals surface area contributed by atoms with Crippen LogP contribution in [0.5, 0.6) is 0 Å². The Balaban J connectivity index is 2.51. The summed E-state index contributed by atoms with van der Waals surface area (Å²) < 4.78 is 5.30. The number of epoxide rings is 1. The monoisotopic (exact) mass is 162 g/mol. The lowest BCUT2D eigenvalue weighted by Gasteiger charge is -2.07. The summed E-state index contributed by atoms with van der Waals surface area (Å²) in [5.74, 6) is 0. The molecule has 1 aromatic rings. The Labute approximate surface area is 73.4 Å². The third-order valence-corrected chi connectivity index (χ3v) is 2.39. The lowest BCUT2D eigenvalue weighted by atomic mass is 9.98. The van der Waals surface area contributed by atoms with E-state index in [0.717, 1.165) is 6.61 Å². The molecule has 1 nitrogen and oxygen atoms in total. The molecule has 0 spiro atoms. The Bertz CT molecular complexity index is 288. The van der Waals surface area contributed by atoms with Crippen molar-refractivity contribution in [1.82, 2.24) is 0 Å². The summed E-state index contributed by atoms with van der Waals surface area (Å²) in [5.41, 5.74) is 5.49. The molecule has 2 rings (SSSR count).